The molecule has 3 heteroatoms. The molecule has 0 saturated heterocycles. The third kappa shape index (κ3) is 2.51. The summed E-state index contributed by atoms with van der Waals surface area (Å²) in [5, 5.41) is 0. The molecule has 0 heterocycles. The van der Waals surface area contributed by atoms with E-state index in [0.717, 1.165) is 16.9 Å². The first kappa shape index (κ1) is 11.1. The molecule has 0 N–H and O–H groups in total. The maximum Gasteiger partial charge on any atom is 0.338 e. The minimum Gasteiger partial charge on any atom is -0.462 e. The van der Waals surface area contributed by atoms with E-state index in [1.165, 1.54) is 0 Å². The Bertz CT molecular complexity index is 334. The van der Waals surface area contributed by atoms with Crippen molar-refractivity contribution in [1.29, 1.82) is 0 Å². The van der Waals surface area contributed by atoms with Gasteiger partial charge in [-0.05, 0) is 31.0 Å². The molecule has 0 aliphatic rings. The van der Waals surface area contributed by atoms with E-state index in [1.807, 2.05) is 19.1 Å². The normalized spacial score (nSPS) is 9.93. The molecule has 0 amide bonds. The fourth-order valence-corrected chi connectivity index (χ4v) is 1.48. The van der Waals surface area contributed by atoms with E-state index in [-0.39, 0.29) is 5.97 Å². The van der Waals surface area contributed by atoms with Crippen molar-refractivity contribution in [2.24, 2.45) is 0 Å². The summed E-state index contributed by atoms with van der Waals surface area (Å²) in [6.45, 7) is 4.21. The van der Waals surface area contributed by atoms with Crippen LogP contribution in [0.4, 0.5) is 0 Å². The Hall–Kier alpha value is -0.960. The van der Waals surface area contributed by atoms with Gasteiger partial charge in [-0.3, -0.25) is 0 Å². The molecule has 14 heavy (non-hydrogen) atoms. The molecule has 0 radical (unpaired) electrons. The molecule has 0 aliphatic carbocycles. The second kappa shape index (κ2) is 5.05. The van der Waals surface area contributed by atoms with Crippen LogP contribution in [-0.2, 0) is 11.2 Å². The zero-order chi connectivity index (χ0) is 10.6. The Kier molecular flexibility index (Phi) is 4.01. The number of thiol groups is 1. The number of benzene rings is 1. The van der Waals surface area contributed by atoms with Gasteiger partial charge in [0.05, 0.1) is 12.2 Å². The van der Waals surface area contributed by atoms with Gasteiger partial charge in [-0.1, -0.05) is 13.0 Å². The number of aryl methyl sites for hydroxylation is 1. The van der Waals surface area contributed by atoms with Gasteiger partial charge in [0.25, 0.3) is 0 Å². The second-order valence-corrected chi connectivity index (χ2v) is 3.43. The summed E-state index contributed by atoms with van der Waals surface area (Å²) in [5.74, 6) is -0.264. The number of rotatable bonds is 3. The fourth-order valence-electron chi connectivity index (χ4n) is 1.27. The highest BCUT2D eigenvalue weighted by molar-refractivity contribution is 7.80. The summed E-state index contributed by atoms with van der Waals surface area (Å²) in [5.41, 5.74) is 1.63. The maximum absolute atomic E-state index is 11.5. The van der Waals surface area contributed by atoms with Gasteiger partial charge in [0.15, 0.2) is 0 Å². The molecular formula is C11H14O2S. The van der Waals surface area contributed by atoms with Crippen LogP contribution in [0.15, 0.2) is 23.1 Å². The second-order valence-electron chi connectivity index (χ2n) is 2.92. The van der Waals surface area contributed by atoms with Crippen LogP contribution < -0.4 is 0 Å². The molecule has 0 spiro atoms. The topological polar surface area (TPSA) is 26.3 Å². The van der Waals surface area contributed by atoms with E-state index >= 15 is 0 Å². The van der Waals surface area contributed by atoms with Crippen molar-refractivity contribution >= 4 is 18.6 Å². The number of carbonyl (C=O) groups excluding carboxylic acids is 1. The van der Waals surface area contributed by atoms with Gasteiger partial charge in [0, 0.05) is 4.90 Å². The van der Waals surface area contributed by atoms with Crippen LogP contribution in [0.25, 0.3) is 0 Å². The van der Waals surface area contributed by atoms with Gasteiger partial charge < -0.3 is 4.74 Å². The highest BCUT2D eigenvalue weighted by atomic mass is 32.1. The van der Waals surface area contributed by atoms with Gasteiger partial charge in [0.1, 0.15) is 0 Å². The van der Waals surface area contributed by atoms with Crippen LogP contribution in [0, 0.1) is 0 Å². The summed E-state index contributed by atoms with van der Waals surface area (Å²) >= 11 is 4.20. The Morgan fingerprint density at radius 3 is 2.71 bits per heavy atom. The molecule has 2 nitrogen and oxygen atoms in total. The zero-order valence-electron chi connectivity index (χ0n) is 8.41. The maximum atomic E-state index is 11.5. The predicted octanol–water partition coefficient (Wildman–Crippen LogP) is 2.71. The standard InChI is InChI=1S/C11H14O2S/c1-3-8-5-6-9(14)7-10(8)11(12)13-4-2/h5-7,14H,3-4H2,1-2H3. The first-order valence-electron chi connectivity index (χ1n) is 4.68. The quantitative estimate of drug-likeness (QED) is 0.613. The SMILES string of the molecule is CCOC(=O)c1cc(S)ccc1CC. The molecule has 0 saturated carbocycles. The van der Waals surface area contributed by atoms with Crippen molar-refractivity contribution in [3.63, 3.8) is 0 Å². The lowest BCUT2D eigenvalue weighted by molar-refractivity contribution is 0.0525. The highest BCUT2D eigenvalue weighted by Gasteiger charge is 2.11. The van der Waals surface area contributed by atoms with Crippen molar-refractivity contribution in [2.45, 2.75) is 25.2 Å². The smallest absolute Gasteiger partial charge is 0.338 e. The molecule has 76 valence electrons. The van der Waals surface area contributed by atoms with Crippen molar-refractivity contribution < 1.29 is 9.53 Å². The fraction of sp³-hybridized carbons (Fsp3) is 0.364. The minimum absolute atomic E-state index is 0.264. The number of carbonyl (C=O) groups is 1. The average molecular weight is 210 g/mol. The molecule has 0 atom stereocenters. The van der Waals surface area contributed by atoms with Crippen LogP contribution in [0.5, 0.6) is 0 Å². The Morgan fingerprint density at radius 1 is 1.43 bits per heavy atom. The monoisotopic (exact) mass is 210 g/mol. The van der Waals surface area contributed by atoms with E-state index in [2.05, 4.69) is 12.6 Å². The largest absolute Gasteiger partial charge is 0.462 e. The van der Waals surface area contributed by atoms with E-state index in [0.29, 0.717) is 12.2 Å². The van der Waals surface area contributed by atoms with Crippen LogP contribution in [0.3, 0.4) is 0 Å². The van der Waals surface area contributed by atoms with Gasteiger partial charge >= 0.3 is 5.97 Å². The summed E-state index contributed by atoms with van der Waals surface area (Å²) in [6.07, 6.45) is 0.822. The van der Waals surface area contributed by atoms with Crippen LogP contribution >= 0.6 is 12.6 Å². The number of esters is 1. The number of hydrogen-bond donors (Lipinski definition) is 1. The van der Waals surface area contributed by atoms with Gasteiger partial charge in [0.2, 0.25) is 0 Å². The molecule has 0 aromatic heterocycles. The van der Waals surface area contributed by atoms with Crippen LogP contribution in [0.1, 0.15) is 29.8 Å². The van der Waals surface area contributed by atoms with E-state index in [1.54, 1.807) is 13.0 Å². The molecule has 0 fully saturated rings. The van der Waals surface area contributed by atoms with Crippen LogP contribution in [-0.4, -0.2) is 12.6 Å². The van der Waals surface area contributed by atoms with Crippen molar-refractivity contribution in [3.05, 3.63) is 29.3 Å². The molecule has 0 bridgehead atoms. The van der Waals surface area contributed by atoms with Crippen molar-refractivity contribution in [2.75, 3.05) is 6.61 Å². The third-order valence-electron chi connectivity index (χ3n) is 1.97. The Balaban J connectivity index is 3.03. The van der Waals surface area contributed by atoms with Crippen LogP contribution in [0.2, 0.25) is 0 Å². The van der Waals surface area contributed by atoms with Crippen molar-refractivity contribution in [3.8, 4) is 0 Å². The summed E-state index contributed by atoms with van der Waals surface area (Å²) in [4.78, 5) is 12.3. The highest BCUT2D eigenvalue weighted by Crippen LogP contribution is 2.16. The lowest BCUT2D eigenvalue weighted by atomic mass is 10.1. The third-order valence-corrected chi connectivity index (χ3v) is 2.25. The summed E-state index contributed by atoms with van der Waals surface area (Å²) < 4.78 is 4.95. The number of hydrogen-bond acceptors (Lipinski definition) is 3. The van der Waals surface area contributed by atoms with Crippen molar-refractivity contribution in [1.82, 2.24) is 0 Å². The van der Waals surface area contributed by atoms with E-state index < -0.39 is 0 Å². The van der Waals surface area contributed by atoms with E-state index in [9.17, 15) is 4.79 Å². The Labute approximate surface area is 89.7 Å². The summed E-state index contributed by atoms with van der Waals surface area (Å²) in [7, 11) is 0. The average Bonchev–Trinajstić information content (AvgIpc) is 2.18. The molecule has 1 rings (SSSR count). The van der Waals surface area contributed by atoms with Gasteiger partial charge in [-0.2, -0.15) is 0 Å². The zero-order valence-corrected chi connectivity index (χ0v) is 9.30. The van der Waals surface area contributed by atoms with E-state index in [4.69, 9.17) is 4.74 Å². The Morgan fingerprint density at radius 2 is 2.14 bits per heavy atom. The molecule has 1 aromatic rings. The number of ether oxygens (including phenoxy) is 1. The predicted molar refractivity (Wildman–Crippen MR) is 59.0 cm³/mol. The molecular weight excluding hydrogens is 196 g/mol. The lowest BCUT2D eigenvalue weighted by Gasteiger charge is -2.07. The van der Waals surface area contributed by atoms with Gasteiger partial charge in [-0.15, -0.1) is 12.6 Å². The lowest BCUT2D eigenvalue weighted by Crippen LogP contribution is -2.07. The first-order chi connectivity index (χ1) is 6.69. The molecule has 0 aliphatic heterocycles. The minimum atomic E-state index is -0.264. The molecule has 0 unspecified atom stereocenters. The summed E-state index contributed by atoms with van der Waals surface area (Å²) in [6, 6.07) is 5.54. The van der Waals surface area contributed by atoms with Gasteiger partial charge in [-0.25, -0.2) is 4.79 Å². The first-order valence-corrected chi connectivity index (χ1v) is 5.12. The molecule has 1 aromatic carbocycles.